The van der Waals surface area contributed by atoms with Crippen LogP contribution in [0.4, 0.5) is 0 Å². The van der Waals surface area contributed by atoms with Crippen molar-refractivity contribution in [1.82, 2.24) is 19.3 Å². The molecule has 9 heteroatoms. The summed E-state index contributed by atoms with van der Waals surface area (Å²) in [6, 6.07) is 6.76. The van der Waals surface area contributed by atoms with Gasteiger partial charge in [0.15, 0.2) is 5.82 Å². The average molecular weight is 457 g/mol. The molecule has 1 aliphatic rings. The topological polar surface area (TPSA) is 79.5 Å². The SMILES string of the molecule is CC(c1nc(C(C)(C)C)no1)N1CCN(S(=O)(=O)c2cccc(Br)c2)CC1. The lowest BCUT2D eigenvalue weighted by Gasteiger charge is -2.36. The van der Waals surface area contributed by atoms with Crippen LogP contribution in [0.2, 0.25) is 0 Å². The zero-order valence-electron chi connectivity index (χ0n) is 16.0. The second kappa shape index (κ2) is 7.62. The molecule has 0 saturated carbocycles. The predicted molar refractivity (Wildman–Crippen MR) is 106 cm³/mol. The summed E-state index contributed by atoms with van der Waals surface area (Å²) < 4.78 is 33.4. The van der Waals surface area contributed by atoms with Gasteiger partial charge < -0.3 is 4.52 Å². The van der Waals surface area contributed by atoms with Crippen LogP contribution in [0.3, 0.4) is 0 Å². The van der Waals surface area contributed by atoms with Crippen molar-refractivity contribution in [2.75, 3.05) is 26.2 Å². The summed E-state index contributed by atoms with van der Waals surface area (Å²) >= 11 is 3.33. The van der Waals surface area contributed by atoms with E-state index in [1.54, 1.807) is 18.2 Å². The summed E-state index contributed by atoms with van der Waals surface area (Å²) in [5, 5.41) is 4.08. The molecular formula is C18H25BrN4O3S. The first-order valence-electron chi connectivity index (χ1n) is 8.93. The van der Waals surface area contributed by atoms with Gasteiger partial charge in [-0.3, -0.25) is 4.90 Å². The Morgan fingerprint density at radius 1 is 1.19 bits per heavy atom. The second-order valence-electron chi connectivity index (χ2n) is 7.78. The lowest BCUT2D eigenvalue weighted by molar-refractivity contribution is 0.124. The minimum atomic E-state index is -3.49. The number of sulfonamides is 1. The van der Waals surface area contributed by atoms with Crippen molar-refractivity contribution in [1.29, 1.82) is 0 Å². The summed E-state index contributed by atoms with van der Waals surface area (Å²) in [6.07, 6.45) is 0. The van der Waals surface area contributed by atoms with Gasteiger partial charge in [-0.05, 0) is 25.1 Å². The van der Waals surface area contributed by atoms with Crippen LogP contribution in [-0.4, -0.2) is 53.9 Å². The number of piperazine rings is 1. The highest BCUT2D eigenvalue weighted by molar-refractivity contribution is 9.10. The number of hydrogen-bond acceptors (Lipinski definition) is 6. The van der Waals surface area contributed by atoms with Crippen LogP contribution in [0, 0.1) is 0 Å². The molecule has 27 heavy (non-hydrogen) atoms. The summed E-state index contributed by atoms with van der Waals surface area (Å²) in [5.41, 5.74) is -0.168. The van der Waals surface area contributed by atoms with Gasteiger partial charge in [-0.15, -0.1) is 0 Å². The Morgan fingerprint density at radius 3 is 2.41 bits per heavy atom. The molecule has 0 amide bonds. The molecule has 0 radical (unpaired) electrons. The first-order valence-corrected chi connectivity index (χ1v) is 11.2. The third-order valence-corrected chi connectivity index (χ3v) is 7.11. The molecule has 1 fully saturated rings. The number of hydrogen-bond donors (Lipinski definition) is 0. The fourth-order valence-electron chi connectivity index (χ4n) is 2.97. The van der Waals surface area contributed by atoms with E-state index in [1.165, 1.54) is 4.31 Å². The maximum absolute atomic E-state index is 12.8. The summed E-state index contributed by atoms with van der Waals surface area (Å²) in [4.78, 5) is 7.01. The van der Waals surface area contributed by atoms with E-state index in [2.05, 4.69) is 31.0 Å². The molecule has 1 aliphatic heterocycles. The molecule has 7 nitrogen and oxygen atoms in total. The maximum Gasteiger partial charge on any atom is 0.243 e. The Hall–Kier alpha value is -1.29. The molecule has 0 N–H and O–H groups in total. The van der Waals surface area contributed by atoms with E-state index in [0.717, 1.165) is 4.47 Å². The number of aromatic nitrogens is 2. The Morgan fingerprint density at radius 2 is 1.85 bits per heavy atom. The van der Waals surface area contributed by atoms with Gasteiger partial charge in [0.25, 0.3) is 0 Å². The third kappa shape index (κ3) is 4.42. The van der Waals surface area contributed by atoms with E-state index in [0.29, 0.717) is 42.8 Å². The standard InChI is InChI=1S/C18H25BrN4O3S/c1-13(16-20-17(21-26-16)18(2,3)4)22-8-10-23(11-9-22)27(24,25)15-7-5-6-14(19)12-15/h5-7,12-13H,8-11H2,1-4H3. The van der Waals surface area contributed by atoms with Crippen molar-refractivity contribution in [3.63, 3.8) is 0 Å². The maximum atomic E-state index is 12.8. The van der Waals surface area contributed by atoms with Crippen LogP contribution in [0.1, 0.15) is 45.5 Å². The normalized spacial score (nSPS) is 18.6. The molecule has 0 spiro atoms. The van der Waals surface area contributed by atoms with Gasteiger partial charge in [0.05, 0.1) is 10.9 Å². The van der Waals surface area contributed by atoms with Crippen molar-refractivity contribution in [3.8, 4) is 0 Å². The van der Waals surface area contributed by atoms with Crippen LogP contribution < -0.4 is 0 Å². The van der Waals surface area contributed by atoms with E-state index in [-0.39, 0.29) is 11.5 Å². The molecule has 1 aromatic heterocycles. The highest BCUT2D eigenvalue weighted by Gasteiger charge is 2.32. The van der Waals surface area contributed by atoms with Gasteiger partial charge in [0, 0.05) is 36.1 Å². The predicted octanol–water partition coefficient (Wildman–Crippen LogP) is 3.20. The van der Waals surface area contributed by atoms with Crippen LogP contribution in [0.15, 0.2) is 38.2 Å². The molecular weight excluding hydrogens is 432 g/mol. The summed E-state index contributed by atoms with van der Waals surface area (Å²) in [6.45, 7) is 10.2. The number of rotatable bonds is 4. The fraction of sp³-hybridized carbons (Fsp3) is 0.556. The van der Waals surface area contributed by atoms with Gasteiger partial charge in [-0.2, -0.15) is 9.29 Å². The third-order valence-electron chi connectivity index (χ3n) is 4.72. The minimum Gasteiger partial charge on any atom is -0.338 e. The van der Waals surface area contributed by atoms with Crippen molar-refractivity contribution < 1.29 is 12.9 Å². The van der Waals surface area contributed by atoms with Crippen molar-refractivity contribution >= 4 is 26.0 Å². The van der Waals surface area contributed by atoms with Crippen LogP contribution in [0.25, 0.3) is 0 Å². The lowest BCUT2D eigenvalue weighted by Crippen LogP contribution is -2.49. The first-order chi connectivity index (χ1) is 12.6. The molecule has 0 bridgehead atoms. The van der Waals surface area contributed by atoms with Crippen molar-refractivity contribution in [3.05, 3.63) is 40.5 Å². The zero-order valence-corrected chi connectivity index (χ0v) is 18.4. The fourth-order valence-corrected chi connectivity index (χ4v) is 4.99. The second-order valence-corrected chi connectivity index (χ2v) is 10.6. The highest BCUT2D eigenvalue weighted by Crippen LogP contribution is 2.26. The van der Waals surface area contributed by atoms with Crippen LogP contribution >= 0.6 is 15.9 Å². The van der Waals surface area contributed by atoms with Crippen molar-refractivity contribution in [2.24, 2.45) is 0 Å². The lowest BCUT2D eigenvalue weighted by atomic mass is 9.96. The largest absolute Gasteiger partial charge is 0.338 e. The highest BCUT2D eigenvalue weighted by atomic mass is 79.9. The van der Waals surface area contributed by atoms with E-state index < -0.39 is 10.0 Å². The van der Waals surface area contributed by atoms with E-state index in [9.17, 15) is 8.42 Å². The van der Waals surface area contributed by atoms with E-state index >= 15 is 0 Å². The molecule has 1 aromatic carbocycles. The Labute approximate surface area is 168 Å². The zero-order chi connectivity index (χ0) is 19.8. The summed E-state index contributed by atoms with van der Waals surface area (Å²) in [5.74, 6) is 1.25. The van der Waals surface area contributed by atoms with E-state index in [1.807, 2.05) is 33.8 Å². The molecule has 2 heterocycles. The quantitative estimate of drug-likeness (QED) is 0.702. The molecule has 148 valence electrons. The molecule has 1 unspecified atom stereocenters. The smallest absolute Gasteiger partial charge is 0.243 e. The molecule has 3 rings (SSSR count). The Kier molecular flexibility index (Phi) is 5.77. The van der Waals surface area contributed by atoms with Crippen LogP contribution in [-0.2, 0) is 15.4 Å². The molecule has 1 saturated heterocycles. The molecule has 1 atom stereocenters. The molecule has 0 aliphatic carbocycles. The number of halogens is 1. The van der Waals surface area contributed by atoms with Crippen LogP contribution in [0.5, 0.6) is 0 Å². The molecule has 2 aromatic rings. The van der Waals surface area contributed by atoms with Gasteiger partial charge in [0.1, 0.15) is 0 Å². The Bertz CT molecular complexity index is 899. The number of benzene rings is 1. The average Bonchev–Trinajstić information content (AvgIpc) is 3.12. The first kappa shape index (κ1) is 20.4. The van der Waals surface area contributed by atoms with Gasteiger partial charge in [-0.1, -0.05) is 47.9 Å². The van der Waals surface area contributed by atoms with Gasteiger partial charge >= 0.3 is 0 Å². The Balaban J connectivity index is 1.67. The van der Waals surface area contributed by atoms with Crippen molar-refractivity contribution in [2.45, 2.75) is 44.0 Å². The monoisotopic (exact) mass is 456 g/mol. The summed E-state index contributed by atoms with van der Waals surface area (Å²) in [7, 11) is -3.49. The van der Waals surface area contributed by atoms with E-state index in [4.69, 9.17) is 4.52 Å². The number of nitrogens with zero attached hydrogens (tertiary/aromatic N) is 4. The van der Waals surface area contributed by atoms with Gasteiger partial charge in [0.2, 0.25) is 15.9 Å². The minimum absolute atomic E-state index is 0.0516. The van der Waals surface area contributed by atoms with Gasteiger partial charge in [-0.25, -0.2) is 8.42 Å².